The summed E-state index contributed by atoms with van der Waals surface area (Å²) in [7, 11) is 0. The van der Waals surface area contributed by atoms with E-state index in [0.717, 1.165) is 44.0 Å². The van der Waals surface area contributed by atoms with Crippen LogP contribution in [-0.4, -0.2) is 30.6 Å². The SMILES string of the molecule is CCCCCCCCCCOc1ccc(NC(=O)N2CC[C@@H](c3ccccc3)C2)cc1. The Kier molecular flexibility index (Phi) is 9.75. The van der Waals surface area contributed by atoms with Gasteiger partial charge in [0.05, 0.1) is 6.61 Å². The highest BCUT2D eigenvalue weighted by atomic mass is 16.5. The van der Waals surface area contributed by atoms with E-state index in [1.54, 1.807) is 0 Å². The zero-order valence-electron chi connectivity index (χ0n) is 19.0. The van der Waals surface area contributed by atoms with Gasteiger partial charge in [-0.2, -0.15) is 0 Å². The third-order valence-electron chi connectivity index (χ3n) is 6.12. The molecule has 1 aliphatic rings. The van der Waals surface area contributed by atoms with E-state index in [-0.39, 0.29) is 6.03 Å². The lowest BCUT2D eigenvalue weighted by Gasteiger charge is -2.18. The molecule has 0 unspecified atom stereocenters. The van der Waals surface area contributed by atoms with Crippen molar-refractivity contribution in [3.63, 3.8) is 0 Å². The molecule has 0 aromatic heterocycles. The molecule has 0 bridgehead atoms. The molecule has 0 radical (unpaired) electrons. The topological polar surface area (TPSA) is 41.6 Å². The molecule has 2 aromatic rings. The van der Waals surface area contributed by atoms with Gasteiger partial charge in [0.15, 0.2) is 0 Å². The molecule has 2 aromatic carbocycles. The predicted octanol–water partition coefficient (Wildman–Crippen LogP) is 7.23. The third-order valence-corrected chi connectivity index (χ3v) is 6.12. The van der Waals surface area contributed by atoms with Crippen molar-refractivity contribution in [1.82, 2.24) is 4.90 Å². The van der Waals surface area contributed by atoms with Gasteiger partial charge < -0.3 is 15.0 Å². The van der Waals surface area contributed by atoms with Crippen LogP contribution in [0.25, 0.3) is 0 Å². The van der Waals surface area contributed by atoms with Crippen LogP contribution in [0.2, 0.25) is 0 Å². The number of ether oxygens (including phenoxy) is 1. The number of rotatable bonds is 12. The first-order valence-electron chi connectivity index (χ1n) is 12.1. The number of likely N-dealkylation sites (tertiary alicyclic amines) is 1. The summed E-state index contributed by atoms with van der Waals surface area (Å²) in [5.74, 6) is 1.30. The van der Waals surface area contributed by atoms with Crippen molar-refractivity contribution < 1.29 is 9.53 Å². The maximum absolute atomic E-state index is 12.6. The Labute approximate surface area is 188 Å². The van der Waals surface area contributed by atoms with E-state index in [1.807, 2.05) is 35.2 Å². The summed E-state index contributed by atoms with van der Waals surface area (Å²) < 4.78 is 5.85. The van der Waals surface area contributed by atoms with E-state index in [2.05, 4.69) is 36.5 Å². The molecule has 1 fully saturated rings. The minimum Gasteiger partial charge on any atom is -0.494 e. The fourth-order valence-corrected chi connectivity index (χ4v) is 4.21. The summed E-state index contributed by atoms with van der Waals surface area (Å²) in [4.78, 5) is 14.5. The van der Waals surface area contributed by atoms with E-state index in [9.17, 15) is 4.79 Å². The van der Waals surface area contributed by atoms with Crippen LogP contribution in [0.3, 0.4) is 0 Å². The number of carbonyl (C=O) groups is 1. The minimum atomic E-state index is -0.0222. The molecule has 31 heavy (non-hydrogen) atoms. The Morgan fingerprint density at radius 2 is 1.61 bits per heavy atom. The van der Waals surface area contributed by atoms with E-state index in [0.29, 0.717) is 5.92 Å². The molecule has 1 atom stereocenters. The van der Waals surface area contributed by atoms with Crippen molar-refractivity contribution in [3.05, 3.63) is 60.2 Å². The first-order chi connectivity index (χ1) is 15.3. The average molecular weight is 423 g/mol. The molecular formula is C27H38N2O2. The summed E-state index contributed by atoms with van der Waals surface area (Å²) in [6.07, 6.45) is 11.4. The van der Waals surface area contributed by atoms with Gasteiger partial charge in [-0.15, -0.1) is 0 Å². The van der Waals surface area contributed by atoms with Gasteiger partial charge in [0.2, 0.25) is 0 Å². The number of nitrogens with one attached hydrogen (secondary N) is 1. The molecule has 1 saturated heterocycles. The normalized spacial score (nSPS) is 15.8. The molecule has 0 saturated carbocycles. The quantitative estimate of drug-likeness (QED) is 0.367. The van der Waals surface area contributed by atoms with Crippen LogP contribution >= 0.6 is 0 Å². The largest absolute Gasteiger partial charge is 0.494 e. The molecule has 2 amide bonds. The number of amides is 2. The van der Waals surface area contributed by atoms with Crippen molar-refractivity contribution in [2.45, 2.75) is 70.6 Å². The summed E-state index contributed by atoms with van der Waals surface area (Å²) >= 11 is 0. The molecule has 168 valence electrons. The van der Waals surface area contributed by atoms with Crippen LogP contribution in [0.4, 0.5) is 10.5 Å². The van der Waals surface area contributed by atoms with Crippen molar-refractivity contribution in [3.8, 4) is 5.75 Å². The van der Waals surface area contributed by atoms with Crippen molar-refractivity contribution in [1.29, 1.82) is 0 Å². The van der Waals surface area contributed by atoms with Gasteiger partial charge in [-0.3, -0.25) is 0 Å². The van der Waals surface area contributed by atoms with Crippen LogP contribution in [0, 0.1) is 0 Å². The first kappa shape index (κ1) is 23.2. The lowest BCUT2D eigenvalue weighted by molar-refractivity contribution is 0.222. The summed E-state index contributed by atoms with van der Waals surface area (Å²) in [5.41, 5.74) is 2.13. The highest BCUT2D eigenvalue weighted by molar-refractivity contribution is 5.89. The zero-order valence-corrected chi connectivity index (χ0v) is 19.0. The van der Waals surface area contributed by atoms with Crippen molar-refractivity contribution in [2.24, 2.45) is 0 Å². The highest BCUT2D eigenvalue weighted by Gasteiger charge is 2.27. The summed E-state index contributed by atoms with van der Waals surface area (Å²) in [6.45, 7) is 4.59. The fraction of sp³-hybridized carbons (Fsp3) is 0.519. The highest BCUT2D eigenvalue weighted by Crippen LogP contribution is 2.27. The van der Waals surface area contributed by atoms with Gasteiger partial charge in [-0.05, 0) is 42.7 Å². The van der Waals surface area contributed by atoms with E-state index in [1.165, 1.54) is 50.5 Å². The molecule has 3 rings (SSSR count). The van der Waals surface area contributed by atoms with E-state index >= 15 is 0 Å². The van der Waals surface area contributed by atoms with Gasteiger partial charge >= 0.3 is 6.03 Å². The number of urea groups is 1. The standard InChI is InChI=1S/C27H38N2O2/c1-2-3-4-5-6-7-8-12-21-31-26-17-15-25(16-18-26)28-27(30)29-20-19-24(22-29)23-13-10-9-11-14-23/h9-11,13-18,24H,2-8,12,19-22H2,1H3,(H,28,30)/t24-/m1/s1. The molecule has 1 heterocycles. The average Bonchev–Trinajstić information content (AvgIpc) is 3.30. The van der Waals surface area contributed by atoms with E-state index < -0.39 is 0 Å². The minimum absolute atomic E-state index is 0.0222. The predicted molar refractivity (Wildman–Crippen MR) is 129 cm³/mol. The van der Waals surface area contributed by atoms with Crippen LogP contribution in [0.1, 0.15) is 76.2 Å². The molecule has 1 N–H and O–H groups in total. The number of hydrogen-bond acceptors (Lipinski definition) is 2. The van der Waals surface area contributed by atoms with E-state index in [4.69, 9.17) is 4.74 Å². The second kappa shape index (κ2) is 13.0. The molecule has 0 aliphatic carbocycles. The van der Waals surface area contributed by atoms with Gasteiger partial charge in [0.1, 0.15) is 5.75 Å². The number of carbonyl (C=O) groups excluding carboxylic acids is 1. The second-order valence-corrected chi connectivity index (χ2v) is 8.62. The fourth-order valence-electron chi connectivity index (χ4n) is 4.21. The third kappa shape index (κ3) is 7.93. The monoisotopic (exact) mass is 422 g/mol. The lowest BCUT2D eigenvalue weighted by Crippen LogP contribution is -2.32. The van der Waals surface area contributed by atoms with Crippen molar-refractivity contribution in [2.75, 3.05) is 25.0 Å². The lowest BCUT2D eigenvalue weighted by atomic mass is 9.99. The van der Waals surface area contributed by atoms with Crippen molar-refractivity contribution >= 4 is 11.7 Å². The van der Waals surface area contributed by atoms with Crippen LogP contribution in [0.15, 0.2) is 54.6 Å². The summed E-state index contributed by atoms with van der Waals surface area (Å²) in [5, 5.41) is 3.02. The van der Waals surface area contributed by atoms with Crippen LogP contribution < -0.4 is 10.1 Å². The van der Waals surface area contributed by atoms with Crippen LogP contribution in [-0.2, 0) is 0 Å². The molecule has 0 spiro atoms. The molecule has 1 aliphatic heterocycles. The molecule has 4 heteroatoms. The smallest absolute Gasteiger partial charge is 0.321 e. The Morgan fingerprint density at radius 3 is 2.32 bits per heavy atom. The molecule has 4 nitrogen and oxygen atoms in total. The Balaban J connectivity index is 1.32. The number of hydrogen-bond donors (Lipinski definition) is 1. The van der Waals surface area contributed by atoms with Gasteiger partial charge in [0.25, 0.3) is 0 Å². The van der Waals surface area contributed by atoms with Gasteiger partial charge in [0, 0.05) is 24.7 Å². The first-order valence-corrected chi connectivity index (χ1v) is 12.1. The molecular weight excluding hydrogens is 384 g/mol. The van der Waals surface area contributed by atoms with Gasteiger partial charge in [-0.1, -0.05) is 82.2 Å². The maximum Gasteiger partial charge on any atom is 0.321 e. The van der Waals surface area contributed by atoms with Gasteiger partial charge in [-0.25, -0.2) is 4.79 Å². The Hall–Kier alpha value is -2.49. The Bertz CT molecular complexity index is 761. The Morgan fingerprint density at radius 1 is 0.935 bits per heavy atom. The number of unbranched alkanes of at least 4 members (excludes halogenated alkanes) is 7. The number of anilines is 1. The number of nitrogens with zero attached hydrogens (tertiary/aromatic N) is 1. The zero-order chi connectivity index (χ0) is 21.7. The second-order valence-electron chi connectivity index (χ2n) is 8.62. The summed E-state index contributed by atoms with van der Waals surface area (Å²) in [6, 6.07) is 18.2. The van der Waals surface area contributed by atoms with Crippen LogP contribution in [0.5, 0.6) is 5.75 Å². The number of benzene rings is 2. The maximum atomic E-state index is 12.6.